The van der Waals surface area contributed by atoms with Gasteiger partial charge in [-0.3, -0.25) is 4.90 Å². The molecule has 4 aliphatic heterocycles. The number of piperazine rings is 1. The first kappa shape index (κ1) is 32.9. The summed E-state index contributed by atoms with van der Waals surface area (Å²) in [6.45, 7) is 6.56. The van der Waals surface area contributed by atoms with E-state index in [-0.39, 0.29) is 29.7 Å². The van der Waals surface area contributed by atoms with Crippen LogP contribution in [0, 0.1) is 18.6 Å². The van der Waals surface area contributed by atoms with Crippen molar-refractivity contribution in [3.8, 4) is 23.1 Å². The number of benzene rings is 1. The molecule has 3 N–H and O–H groups in total. The van der Waals surface area contributed by atoms with Crippen LogP contribution in [0.5, 0.6) is 11.9 Å². The summed E-state index contributed by atoms with van der Waals surface area (Å²) in [4.78, 5) is 17.2. The lowest BCUT2D eigenvalue weighted by Gasteiger charge is -2.49. The molecule has 0 unspecified atom stereocenters. The Hall–Kier alpha value is -3.66. The SMILES string of the molecule is CC[C@]12CNCCN1c1nc(OC[C@@]34CCCN3[C@H](C(F)F)CC4)nc3c(F)c(-c4cc(N)c(F)c(C)c4C(F)(F)F)nc(c13)O[C@H]2C. The first-order valence-corrected chi connectivity index (χ1v) is 16.1. The van der Waals surface area contributed by atoms with Gasteiger partial charge >= 0.3 is 12.2 Å². The van der Waals surface area contributed by atoms with Crippen LogP contribution < -0.4 is 25.4 Å². The number of fused-ring (bicyclic) bond motifs is 3. The summed E-state index contributed by atoms with van der Waals surface area (Å²) in [5.41, 5.74) is -0.439. The molecular formula is C32H36F7N7O2. The molecule has 260 valence electrons. The minimum atomic E-state index is -5.09. The lowest BCUT2D eigenvalue weighted by Crippen LogP contribution is -2.67. The van der Waals surface area contributed by atoms with Crippen molar-refractivity contribution in [1.82, 2.24) is 25.2 Å². The van der Waals surface area contributed by atoms with Crippen LogP contribution in [0.3, 0.4) is 0 Å². The van der Waals surface area contributed by atoms with Gasteiger partial charge in [-0.15, -0.1) is 0 Å². The molecular weight excluding hydrogens is 647 g/mol. The molecule has 0 bridgehead atoms. The molecule has 9 nitrogen and oxygen atoms in total. The van der Waals surface area contributed by atoms with Crippen molar-refractivity contribution < 1.29 is 40.2 Å². The second-order valence-corrected chi connectivity index (χ2v) is 13.3. The van der Waals surface area contributed by atoms with Crippen LogP contribution in [-0.2, 0) is 6.18 Å². The summed E-state index contributed by atoms with van der Waals surface area (Å²) in [7, 11) is 0. The predicted molar refractivity (Wildman–Crippen MR) is 163 cm³/mol. The normalized spacial score (nSPS) is 27.3. The van der Waals surface area contributed by atoms with Crippen molar-refractivity contribution in [2.24, 2.45) is 0 Å². The van der Waals surface area contributed by atoms with E-state index in [1.54, 1.807) is 11.8 Å². The van der Waals surface area contributed by atoms with Crippen LogP contribution in [0.1, 0.15) is 57.1 Å². The van der Waals surface area contributed by atoms with Gasteiger partial charge in [-0.2, -0.15) is 23.1 Å². The standard InChI is InChI=1S/C32H36F7N7O2/c1-4-31-13-41-9-11-46(31)27-20-25(43-29(44-27)47-14-30-7-5-10-45(30)19(6-8-30)26(35)36)23(34)24(42-28(20)48-16(31)3)17-12-18(40)22(33)15(2)21(17)32(37,38)39/h12,16,19,26,41H,4-11,13-14,40H2,1-3H3/t16-,19-,30-,31+/m0/s1. The lowest BCUT2D eigenvalue weighted by atomic mass is 9.86. The van der Waals surface area contributed by atoms with Gasteiger partial charge in [0.2, 0.25) is 5.88 Å². The van der Waals surface area contributed by atoms with Crippen molar-refractivity contribution in [3.05, 3.63) is 28.8 Å². The van der Waals surface area contributed by atoms with Gasteiger partial charge in [0.15, 0.2) is 5.82 Å². The van der Waals surface area contributed by atoms with Gasteiger partial charge in [-0.25, -0.2) is 22.5 Å². The fraction of sp³-hybridized carbons (Fsp3) is 0.594. The number of pyridine rings is 1. The first-order valence-electron chi connectivity index (χ1n) is 16.1. The molecule has 3 fully saturated rings. The van der Waals surface area contributed by atoms with Crippen LogP contribution in [0.4, 0.5) is 42.2 Å². The van der Waals surface area contributed by atoms with Gasteiger partial charge in [0.25, 0.3) is 6.43 Å². The number of anilines is 2. The lowest BCUT2D eigenvalue weighted by molar-refractivity contribution is -0.137. The van der Waals surface area contributed by atoms with E-state index in [4.69, 9.17) is 20.2 Å². The molecule has 3 saturated heterocycles. The van der Waals surface area contributed by atoms with E-state index in [0.29, 0.717) is 64.3 Å². The third kappa shape index (κ3) is 4.83. The summed E-state index contributed by atoms with van der Waals surface area (Å²) in [5.74, 6) is -2.46. The molecule has 1 aromatic carbocycles. The zero-order valence-corrected chi connectivity index (χ0v) is 26.7. The molecule has 48 heavy (non-hydrogen) atoms. The molecule has 0 amide bonds. The minimum Gasteiger partial charge on any atom is -0.471 e. The van der Waals surface area contributed by atoms with Crippen molar-refractivity contribution in [3.63, 3.8) is 0 Å². The second kappa shape index (κ2) is 11.5. The zero-order valence-electron chi connectivity index (χ0n) is 26.7. The Balaban J connectivity index is 1.43. The Labute approximate surface area is 272 Å². The molecule has 3 aromatic rings. The third-order valence-electron chi connectivity index (χ3n) is 10.9. The molecule has 0 aliphatic carbocycles. The molecule has 6 heterocycles. The van der Waals surface area contributed by atoms with Crippen molar-refractivity contribution >= 4 is 22.4 Å². The number of halogens is 7. The average molecular weight is 684 g/mol. The molecule has 16 heteroatoms. The van der Waals surface area contributed by atoms with E-state index in [2.05, 4.69) is 15.3 Å². The van der Waals surface area contributed by atoms with E-state index in [1.807, 2.05) is 11.8 Å². The summed E-state index contributed by atoms with van der Waals surface area (Å²) >= 11 is 0. The Morgan fingerprint density at radius 3 is 2.62 bits per heavy atom. The largest absolute Gasteiger partial charge is 0.471 e. The minimum absolute atomic E-state index is 0.0348. The Kier molecular flexibility index (Phi) is 7.85. The van der Waals surface area contributed by atoms with Crippen LogP contribution in [0.25, 0.3) is 22.2 Å². The smallest absolute Gasteiger partial charge is 0.417 e. The highest BCUT2D eigenvalue weighted by Gasteiger charge is 2.53. The fourth-order valence-corrected chi connectivity index (χ4v) is 8.38. The van der Waals surface area contributed by atoms with Crippen LogP contribution in [0.2, 0.25) is 0 Å². The number of aromatic nitrogens is 3. The van der Waals surface area contributed by atoms with Gasteiger partial charge in [0.1, 0.15) is 40.9 Å². The monoisotopic (exact) mass is 683 g/mol. The number of ether oxygens (including phenoxy) is 2. The van der Waals surface area contributed by atoms with E-state index in [1.165, 1.54) is 0 Å². The highest BCUT2D eigenvalue weighted by Crippen LogP contribution is 2.49. The van der Waals surface area contributed by atoms with E-state index in [0.717, 1.165) is 6.92 Å². The highest BCUT2D eigenvalue weighted by molar-refractivity contribution is 5.98. The van der Waals surface area contributed by atoms with Crippen molar-refractivity contribution in [2.75, 3.05) is 43.4 Å². The van der Waals surface area contributed by atoms with Gasteiger partial charge < -0.3 is 25.4 Å². The molecule has 0 radical (unpaired) electrons. The Bertz CT molecular complexity index is 1780. The highest BCUT2D eigenvalue weighted by atomic mass is 19.4. The van der Waals surface area contributed by atoms with Crippen molar-refractivity contribution in [1.29, 1.82) is 0 Å². The van der Waals surface area contributed by atoms with E-state index in [9.17, 15) is 26.3 Å². The average Bonchev–Trinajstić information content (AvgIpc) is 3.59. The molecule has 4 aliphatic rings. The number of hydrogen-bond donors (Lipinski definition) is 2. The summed E-state index contributed by atoms with van der Waals surface area (Å²) in [6.07, 6.45) is -5.57. The summed E-state index contributed by atoms with van der Waals surface area (Å²) in [6, 6.07) is -0.445. The van der Waals surface area contributed by atoms with E-state index >= 15 is 4.39 Å². The maximum atomic E-state index is 16.8. The maximum absolute atomic E-state index is 16.8. The molecule has 2 aromatic heterocycles. The van der Waals surface area contributed by atoms with Crippen LogP contribution >= 0.6 is 0 Å². The number of nitrogens with zero attached hydrogens (tertiary/aromatic N) is 5. The number of hydrogen-bond acceptors (Lipinski definition) is 9. The van der Waals surface area contributed by atoms with Gasteiger partial charge in [0.05, 0.1) is 28.4 Å². The number of rotatable bonds is 6. The topological polar surface area (TPSA) is 102 Å². The summed E-state index contributed by atoms with van der Waals surface area (Å²) in [5, 5.41) is 3.41. The number of nitrogen functional groups attached to an aromatic ring is 1. The number of nitrogens with one attached hydrogen (secondary N) is 1. The molecule has 0 spiro atoms. The predicted octanol–water partition coefficient (Wildman–Crippen LogP) is 5.86. The number of alkyl halides is 5. The second-order valence-electron chi connectivity index (χ2n) is 13.3. The molecule has 0 saturated carbocycles. The van der Waals surface area contributed by atoms with Gasteiger partial charge in [-0.05, 0) is 64.1 Å². The fourth-order valence-electron chi connectivity index (χ4n) is 8.38. The maximum Gasteiger partial charge on any atom is 0.417 e. The zero-order chi connectivity index (χ0) is 34.3. The number of nitrogens with two attached hydrogens (primary N) is 1. The van der Waals surface area contributed by atoms with Gasteiger partial charge in [-0.1, -0.05) is 6.92 Å². The third-order valence-corrected chi connectivity index (χ3v) is 10.9. The summed E-state index contributed by atoms with van der Waals surface area (Å²) < 4.78 is 115. The molecule has 7 rings (SSSR count). The molecule has 4 atom stereocenters. The van der Waals surface area contributed by atoms with Crippen LogP contribution in [0.15, 0.2) is 6.07 Å². The van der Waals surface area contributed by atoms with E-state index < -0.39 is 81.0 Å². The van der Waals surface area contributed by atoms with Crippen molar-refractivity contribution in [2.45, 2.75) is 88.7 Å². The Morgan fingerprint density at radius 1 is 1.15 bits per heavy atom. The van der Waals surface area contributed by atoms with Gasteiger partial charge in [0, 0.05) is 25.2 Å². The van der Waals surface area contributed by atoms with Crippen LogP contribution in [-0.4, -0.2) is 82.3 Å². The Morgan fingerprint density at radius 2 is 1.92 bits per heavy atom. The first-order chi connectivity index (χ1) is 22.7. The quantitative estimate of drug-likeness (QED) is 0.245.